The maximum Gasteiger partial charge on any atom is 0.247 e. The van der Waals surface area contributed by atoms with Gasteiger partial charge in [-0.3, -0.25) is 9.59 Å². The predicted octanol–water partition coefficient (Wildman–Crippen LogP) is 2.54. The molecular formula is C18H19FN4O2. The summed E-state index contributed by atoms with van der Waals surface area (Å²) in [6.45, 7) is 3.97. The number of rotatable bonds is 3. The van der Waals surface area contributed by atoms with Gasteiger partial charge in [-0.2, -0.15) is 0 Å². The molecule has 1 aliphatic heterocycles. The summed E-state index contributed by atoms with van der Waals surface area (Å²) in [5.74, 6) is -0.415. The molecule has 1 aliphatic rings. The van der Waals surface area contributed by atoms with Crippen molar-refractivity contribution in [2.75, 3.05) is 11.9 Å². The van der Waals surface area contributed by atoms with Gasteiger partial charge >= 0.3 is 0 Å². The second kappa shape index (κ2) is 6.96. The number of carbonyl (C=O) groups excluding carboxylic acids is 2. The number of aromatic nitrogens is 2. The molecule has 2 aromatic rings. The van der Waals surface area contributed by atoms with E-state index in [4.69, 9.17) is 0 Å². The van der Waals surface area contributed by atoms with E-state index >= 15 is 0 Å². The van der Waals surface area contributed by atoms with Gasteiger partial charge in [0.2, 0.25) is 11.8 Å². The second-order valence-electron chi connectivity index (χ2n) is 6.11. The third-order valence-electron chi connectivity index (χ3n) is 4.33. The van der Waals surface area contributed by atoms with Crippen molar-refractivity contribution in [3.05, 3.63) is 42.0 Å². The average molecular weight is 342 g/mol. The van der Waals surface area contributed by atoms with Gasteiger partial charge in [0.05, 0.1) is 12.4 Å². The number of carbonyl (C=O) groups is 2. The Hall–Kier alpha value is -2.83. The first-order chi connectivity index (χ1) is 12.0. The van der Waals surface area contributed by atoms with Crippen molar-refractivity contribution in [2.24, 2.45) is 0 Å². The molecule has 1 aromatic carbocycles. The van der Waals surface area contributed by atoms with Crippen LogP contribution in [0.5, 0.6) is 0 Å². The molecule has 0 radical (unpaired) electrons. The van der Waals surface area contributed by atoms with Crippen LogP contribution in [0.1, 0.15) is 25.3 Å². The summed E-state index contributed by atoms with van der Waals surface area (Å²) in [5.41, 5.74) is 2.22. The van der Waals surface area contributed by atoms with E-state index in [0.29, 0.717) is 30.0 Å². The van der Waals surface area contributed by atoms with Gasteiger partial charge in [0, 0.05) is 24.7 Å². The number of anilines is 1. The lowest BCUT2D eigenvalue weighted by atomic mass is 10.1. The minimum absolute atomic E-state index is 0.0954. The molecule has 7 heteroatoms. The monoisotopic (exact) mass is 342 g/mol. The minimum Gasteiger partial charge on any atom is -0.331 e. The molecule has 3 rings (SSSR count). The molecule has 2 amide bonds. The highest BCUT2D eigenvalue weighted by molar-refractivity contribution is 5.97. The fourth-order valence-electron chi connectivity index (χ4n) is 3.03. The van der Waals surface area contributed by atoms with Gasteiger partial charge in [-0.05, 0) is 37.5 Å². The minimum atomic E-state index is -0.503. The molecule has 1 fully saturated rings. The van der Waals surface area contributed by atoms with E-state index in [1.54, 1.807) is 17.0 Å². The van der Waals surface area contributed by atoms with E-state index < -0.39 is 11.9 Å². The van der Waals surface area contributed by atoms with Crippen LogP contribution in [0.2, 0.25) is 0 Å². The molecule has 2 heterocycles. The van der Waals surface area contributed by atoms with E-state index in [9.17, 15) is 14.0 Å². The smallest absolute Gasteiger partial charge is 0.247 e. The van der Waals surface area contributed by atoms with Gasteiger partial charge < -0.3 is 10.2 Å². The van der Waals surface area contributed by atoms with Crippen LogP contribution >= 0.6 is 0 Å². The second-order valence-corrected chi connectivity index (χ2v) is 6.11. The van der Waals surface area contributed by atoms with Crippen LogP contribution in [0.15, 0.2) is 30.6 Å². The summed E-state index contributed by atoms with van der Waals surface area (Å²) in [6.07, 6.45) is 3.69. The summed E-state index contributed by atoms with van der Waals surface area (Å²) in [4.78, 5) is 33.7. The Balaban J connectivity index is 1.81. The van der Waals surface area contributed by atoms with Crippen LogP contribution in [0, 0.1) is 12.7 Å². The van der Waals surface area contributed by atoms with Crippen LogP contribution in [0.3, 0.4) is 0 Å². The van der Waals surface area contributed by atoms with Crippen molar-refractivity contribution in [1.82, 2.24) is 14.9 Å². The number of nitrogens with one attached hydrogen (secondary N) is 1. The van der Waals surface area contributed by atoms with E-state index in [2.05, 4.69) is 15.3 Å². The van der Waals surface area contributed by atoms with E-state index in [1.807, 2.05) is 13.0 Å². The number of hydrogen-bond donors (Lipinski definition) is 1. The lowest BCUT2D eigenvalue weighted by Crippen LogP contribution is -2.42. The third kappa shape index (κ3) is 3.65. The molecule has 0 saturated carbocycles. The van der Waals surface area contributed by atoms with Gasteiger partial charge in [-0.1, -0.05) is 6.07 Å². The van der Waals surface area contributed by atoms with E-state index in [1.165, 1.54) is 6.92 Å². The number of nitrogens with zero attached hydrogens (tertiary/aromatic N) is 3. The van der Waals surface area contributed by atoms with Gasteiger partial charge in [0.25, 0.3) is 0 Å². The fraction of sp³-hybridized carbons (Fsp3) is 0.333. The lowest BCUT2D eigenvalue weighted by molar-refractivity contribution is -0.134. The van der Waals surface area contributed by atoms with Crippen LogP contribution in [0.4, 0.5) is 10.1 Å². The zero-order valence-electron chi connectivity index (χ0n) is 14.1. The van der Waals surface area contributed by atoms with E-state index in [-0.39, 0.29) is 11.8 Å². The molecule has 1 aromatic heterocycles. The van der Waals surface area contributed by atoms with Crippen LogP contribution in [-0.4, -0.2) is 39.3 Å². The predicted molar refractivity (Wildman–Crippen MR) is 91.2 cm³/mol. The molecule has 1 N–H and O–H groups in total. The first kappa shape index (κ1) is 17.0. The van der Waals surface area contributed by atoms with Crippen molar-refractivity contribution in [3.63, 3.8) is 0 Å². The highest BCUT2D eigenvalue weighted by Gasteiger charge is 2.32. The Labute approximate surface area is 145 Å². The summed E-state index contributed by atoms with van der Waals surface area (Å²) >= 11 is 0. The first-order valence-corrected chi connectivity index (χ1v) is 8.12. The molecule has 0 aliphatic carbocycles. The Morgan fingerprint density at radius 3 is 2.68 bits per heavy atom. The van der Waals surface area contributed by atoms with Crippen LogP contribution in [0.25, 0.3) is 11.4 Å². The molecule has 1 saturated heterocycles. The Morgan fingerprint density at radius 1 is 1.28 bits per heavy atom. The normalized spacial score (nSPS) is 16.8. The summed E-state index contributed by atoms with van der Waals surface area (Å²) < 4.78 is 13.0. The third-order valence-corrected chi connectivity index (χ3v) is 4.33. The number of likely N-dealkylation sites (tertiary alicyclic amines) is 1. The molecule has 6 nitrogen and oxygen atoms in total. The standard InChI is InChI=1S/C18H19FN4O2/c1-11-5-6-14(8-15(11)17-20-9-13(19)10-21-17)22-18(25)16-4-3-7-23(16)12(2)24/h5-6,8-10,16H,3-4,7H2,1-2H3,(H,22,25). The molecule has 0 spiro atoms. The van der Waals surface area contributed by atoms with Crippen molar-refractivity contribution in [2.45, 2.75) is 32.7 Å². The van der Waals surface area contributed by atoms with Crippen molar-refractivity contribution in [3.8, 4) is 11.4 Å². The average Bonchev–Trinajstić information content (AvgIpc) is 3.07. The van der Waals surface area contributed by atoms with E-state index in [0.717, 1.165) is 24.4 Å². The lowest BCUT2D eigenvalue weighted by Gasteiger charge is -2.22. The van der Waals surface area contributed by atoms with Gasteiger partial charge in [-0.25, -0.2) is 14.4 Å². The number of benzene rings is 1. The zero-order chi connectivity index (χ0) is 18.0. The SMILES string of the molecule is CC(=O)N1CCCC1C(=O)Nc1ccc(C)c(-c2ncc(F)cn2)c1. The van der Waals surface area contributed by atoms with Gasteiger partial charge in [0.1, 0.15) is 6.04 Å². The number of hydrogen-bond acceptors (Lipinski definition) is 4. The molecule has 1 unspecified atom stereocenters. The summed E-state index contributed by atoms with van der Waals surface area (Å²) in [5, 5.41) is 2.86. The van der Waals surface area contributed by atoms with Gasteiger partial charge in [-0.15, -0.1) is 0 Å². The topological polar surface area (TPSA) is 75.2 Å². The molecular weight excluding hydrogens is 323 g/mol. The number of amides is 2. The van der Waals surface area contributed by atoms with Gasteiger partial charge in [0.15, 0.2) is 11.6 Å². The summed E-state index contributed by atoms with van der Waals surface area (Å²) in [7, 11) is 0. The Kier molecular flexibility index (Phi) is 4.74. The quantitative estimate of drug-likeness (QED) is 0.930. The Morgan fingerprint density at radius 2 is 2.00 bits per heavy atom. The zero-order valence-corrected chi connectivity index (χ0v) is 14.1. The Bertz CT molecular complexity index is 807. The fourth-order valence-corrected chi connectivity index (χ4v) is 3.03. The number of aryl methyl sites for hydroxylation is 1. The molecule has 0 bridgehead atoms. The summed E-state index contributed by atoms with van der Waals surface area (Å²) in [6, 6.07) is 4.94. The maximum absolute atomic E-state index is 13.0. The van der Waals surface area contributed by atoms with Crippen molar-refractivity contribution >= 4 is 17.5 Å². The van der Waals surface area contributed by atoms with Crippen LogP contribution in [-0.2, 0) is 9.59 Å². The molecule has 1 atom stereocenters. The van der Waals surface area contributed by atoms with Crippen molar-refractivity contribution < 1.29 is 14.0 Å². The number of halogens is 1. The first-order valence-electron chi connectivity index (χ1n) is 8.12. The highest BCUT2D eigenvalue weighted by Crippen LogP contribution is 2.25. The molecule has 130 valence electrons. The van der Waals surface area contributed by atoms with Crippen LogP contribution < -0.4 is 5.32 Å². The maximum atomic E-state index is 13.0. The largest absolute Gasteiger partial charge is 0.331 e. The van der Waals surface area contributed by atoms with Crippen molar-refractivity contribution in [1.29, 1.82) is 0 Å². The highest BCUT2D eigenvalue weighted by atomic mass is 19.1. The molecule has 25 heavy (non-hydrogen) atoms.